The average Bonchev–Trinajstić information content (AvgIpc) is 2.40. The third-order valence-electron chi connectivity index (χ3n) is 3.01. The minimum atomic E-state index is -0.339. The summed E-state index contributed by atoms with van der Waals surface area (Å²) in [6.45, 7) is 5.29. The van der Waals surface area contributed by atoms with E-state index >= 15 is 0 Å². The van der Waals surface area contributed by atoms with Gasteiger partial charge in [-0.2, -0.15) is 0 Å². The van der Waals surface area contributed by atoms with Gasteiger partial charge in [0, 0.05) is 37.9 Å². The minimum absolute atomic E-state index is 0.272. The Morgan fingerprint density at radius 2 is 2.17 bits per heavy atom. The van der Waals surface area contributed by atoms with Gasteiger partial charge in [-0.15, -0.1) is 0 Å². The SMILES string of the molecule is COc1ccc(NCCN2CCOCC2)cc1F. The lowest BCUT2D eigenvalue weighted by Gasteiger charge is -2.26. The summed E-state index contributed by atoms with van der Waals surface area (Å²) in [4.78, 5) is 2.33. The Morgan fingerprint density at radius 1 is 1.39 bits per heavy atom. The van der Waals surface area contributed by atoms with E-state index in [1.807, 2.05) is 6.07 Å². The van der Waals surface area contributed by atoms with Crippen LogP contribution in [0, 0.1) is 5.82 Å². The molecule has 1 aliphatic heterocycles. The molecule has 0 amide bonds. The summed E-state index contributed by atoms with van der Waals surface area (Å²) in [6.07, 6.45) is 0. The molecule has 0 radical (unpaired) electrons. The van der Waals surface area contributed by atoms with Crippen LogP contribution in [0.3, 0.4) is 0 Å². The number of morpholine rings is 1. The maximum Gasteiger partial charge on any atom is 0.167 e. The van der Waals surface area contributed by atoms with Crippen molar-refractivity contribution < 1.29 is 13.9 Å². The van der Waals surface area contributed by atoms with E-state index in [1.54, 1.807) is 6.07 Å². The van der Waals surface area contributed by atoms with Crippen LogP contribution in [0.25, 0.3) is 0 Å². The highest BCUT2D eigenvalue weighted by molar-refractivity contribution is 5.47. The zero-order valence-corrected chi connectivity index (χ0v) is 10.6. The molecule has 1 aromatic carbocycles. The molecule has 0 saturated carbocycles. The van der Waals surface area contributed by atoms with Gasteiger partial charge in [0.25, 0.3) is 0 Å². The van der Waals surface area contributed by atoms with Gasteiger partial charge in [-0.1, -0.05) is 0 Å². The Balaban J connectivity index is 1.77. The van der Waals surface area contributed by atoms with Crippen molar-refractivity contribution >= 4 is 5.69 Å². The predicted octanol–water partition coefficient (Wildman–Crippen LogP) is 1.58. The Hall–Kier alpha value is -1.33. The van der Waals surface area contributed by atoms with Crippen LogP contribution in [-0.2, 0) is 4.74 Å². The molecular weight excluding hydrogens is 235 g/mol. The molecule has 0 unspecified atom stereocenters. The van der Waals surface area contributed by atoms with Crippen molar-refractivity contribution in [2.45, 2.75) is 0 Å². The number of rotatable bonds is 5. The van der Waals surface area contributed by atoms with Crippen LogP contribution in [0.15, 0.2) is 18.2 Å². The molecule has 0 spiro atoms. The summed E-state index contributed by atoms with van der Waals surface area (Å²) < 4.78 is 23.6. The van der Waals surface area contributed by atoms with Gasteiger partial charge in [0.2, 0.25) is 0 Å². The second kappa shape index (κ2) is 6.56. The van der Waals surface area contributed by atoms with Gasteiger partial charge in [0.1, 0.15) is 0 Å². The number of ether oxygens (including phenoxy) is 2. The van der Waals surface area contributed by atoms with Crippen LogP contribution in [0.4, 0.5) is 10.1 Å². The van der Waals surface area contributed by atoms with E-state index in [-0.39, 0.29) is 11.6 Å². The van der Waals surface area contributed by atoms with Gasteiger partial charge in [0.05, 0.1) is 20.3 Å². The van der Waals surface area contributed by atoms with E-state index in [9.17, 15) is 4.39 Å². The second-order valence-corrected chi connectivity index (χ2v) is 4.23. The molecule has 1 saturated heterocycles. The van der Waals surface area contributed by atoms with Crippen molar-refractivity contribution in [2.75, 3.05) is 51.8 Å². The summed E-state index contributed by atoms with van der Waals surface area (Å²) in [7, 11) is 1.46. The van der Waals surface area contributed by atoms with Crippen molar-refractivity contribution in [3.8, 4) is 5.75 Å². The molecule has 2 rings (SSSR count). The topological polar surface area (TPSA) is 33.7 Å². The lowest BCUT2D eigenvalue weighted by atomic mass is 10.3. The molecular formula is C13H19FN2O2. The van der Waals surface area contributed by atoms with Crippen LogP contribution >= 0.6 is 0 Å². The first-order valence-electron chi connectivity index (χ1n) is 6.17. The highest BCUT2D eigenvalue weighted by Crippen LogP contribution is 2.20. The fourth-order valence-electron chi connectivity index (χ4n) is 1.96. The molecule has 1 heterocycles. The molecule has 1 N–H and O–H groups in total. The Bertz CT molecular complexity index is 381. The van der Waals surface area contributed by atoms with Gasteiger partial charge < -0.3 is 14.8 Å². The highest BCUT2D eigenvalue weighted by Gasteiger charge is 2.09. The fourth-order valence-corrected chi connectivity index (χ4v) is 1.96. The molecule has 0 atom stereocenters. The highest BCUT2D eigenvalue weighted by atomic mass is 19.1. The number of anilines is 1. The zero-order chi connectivity index (χ0) is 12.8. The fraction of sp³-hybridized carbons (Fsp3) is 0.538. The third-order valence-corrected chi connectivity index (χ3v) is 3.01. The maximum atomic E-state index is 13.4. The van der Waals surface area contributed by atoms with Crippen LogP contribution in [0.1, 0.15) is 0 Å². The molecule has 4 nitrogen and oxygen atoms in total. The van der Waals surface area contributed by atoms with E-state index in [2.05, 4.69) is 10.2 Å². The molecule has 1 aliphatic rings. The number of benzene rings is 1. The van der Waals surface area contributed by atoms with E-state index in [1.165, 1.54) is 13.2 Å². The number of halogens is 1. The molecule has 0 aliphatic carbocycles. The first-order chi connectivity index (χ1) is 8.79. The Morgan fingerprint density at radius 3 is 2.83 bits per heavy atom. The molecule has 5 heteroatoms. The summed E-state index contributed by atoms with van der Waals surface area (Å²) in [5.74, 6) is -0.0670. The second-order valence-electron chi connectivity index (χ2n) is 4.23. The number of hydrogen-bond donors (Lipinski definition) is 1. The van der Waals surface area contributed by atoms with Gasteiger partial charge in [0.15, 0.2) is 11.6 Å². The quantitative estimate of drug-likeness (QED) is 0.865. The van der Waals surface area contributed by atoms with Gasteiger partial charge >= 0.3 is 0 Å². The standard InChI is InChI=1S/C13H19FN2O2/c1-17-13-3-2-11(10-12(13)14)15-4-5-16-6-8-18-9-7-16/h2-3,10,15H,4-9H2,1H3. The van der Waals surface area contributed by atoms with Crippen molar-refractivity contribution in [3.63, 3.8) is 0 Å². The summed E-state index contributed by atoms with van der Waals surface area (Å²) in [6, 6.07) is 4.91. The summed E-state index contributed by atoms with van der Waals surface area (Å²) in [5.41, 5.74) is 0.779. The Labute approximate surface area is 107 Å². The minimum Gasteiger partial charge on any atom is -0.494 e. The van der Waals surface area contributed by atoms with Crippen molar-refractivity contribution in [1.29, 1.82) is 0 Å². The summed E-state index contributed by atoms with van der Waals surface area (Å²) in [5, 5.41) is 3.21. The number of methoxy groups -OCH3 is 1. The molecule has 18 heavy (non-hydrogen) atoms. The average molecular weight is 254 g/mol. The smallest absolute Gasteiger partial charge is 0.167 e. The largest absolute Gasteiger partial charge is 0.494 e. The number of nitrogens with one attached hydrogen (secondary N) is 1. The monoisotopic (exact) mass is 254 g/mol. The van der Waals surface area contributed by atoms with Crippen LogP contribution in [0.2, 0.25) is 0 Å². The molecule has 1 fully saturated rings. The van der Waals surface area contributed by atoms with Crippen LogP contribution < -0.4 is 10.1 Å². The van der Waals surface area contributed by atoms with Crippen LogP contribution in [-0.4, -0.2) is 51.4 Å². The zero-order valence-electron chi connectivity index (χ0n) is 10.6. The number of hydrogen-bond acceptors (Lipinski definition) is 4. The first-order valence-corrected chi connectivity index (χ1v) is 6.17. The molecule has 0 bridgehead atoms. The van der Waals surface area contributed by atoms with Gasteiger partial charge in [-0.05, 0) is 12.1 Å². The normalized spacial score (nSPS) is 16.6. The van der Waals surface area contributed by atoms with E-state index in [0.717, 1.165) is 45.1 Å². The van der Waals surface area contributed by atoms with Crippen molar-refractivity contribution in [2.24, 2.45) is 0 Å². The van der Waals surface area contributed by atoms with E-state index < -0.39 is 0 Å². The lowest BCUT2D eigenvalue weighted by Crippen LogP contribution is -2.39. The van der Waals surface area contributed by atoms with Gasteiger partial charge in [-0.3, -0.25) is 4.90 Å². The third kappa shape index (κ3) is 3.58. The van der Waals surface area contributed by atoms with Gasteiger partial charge in [-0.25, -0.2) is 4.39 Å². The molecule has 0 aromatic heterocycles. The van der Waals surface area contributed by atoms with Crippen LogP contribution in [0.5, 0.6) is 5.75 Å². The Kier molecular flexibility index (Phi) is 4.78. The number of nitrogens with zero attached hydrogens (tertiary/aromatic N) is 1. The summed E-state index contributed by atoms with van der Waals surface area (Å²) >= 11 is 0. The van der Waals surface area contributed by atoms with Crippen molar-refractivity contribution in [1.82, 2.24) is 4.90 Å². The van der Waals surface area contributed by atoms with Crippen molar-refractivity contribution in [3.05, 3.63) is 24.0 Å². The lowest BCUT2D eigenvalue weighted by molar-refractivity contribution is 0.0398. The predicted molar refractivity (Wildman–Crippen MR) is 68.7 cm³/mol. The molecule has 1 aromatic rings. The van der Waals surface area contributed by atoms with E-state index in [0.29, 0.717) is 0 Å². The molecule has 100 valence electrons. The maximum absolute atomic E-state index is 13.4. The first kappa shape index (κ1) is 13.1. The van der Waals surface area contributed by atoms with E-state index in [4.69, 9.17) is 9.47 Å².